The molecule has 1 heterocycles. The van der Waals surface area contributed by atoms with E-state index in [4.69, 9.17) is 5.11 Å². The number of benzene rings is 1. The number of rotatable bonds is 6. The number of aromatic nitrogens is 1. The Morgan fingerprint density at radius 3 is 2.31 bits per heavy atom. The summed E-state index contributed by atoms with van der Waals surface area (Å²) in [6.07, 6.45) is -4.49. The number of alkyl halides is 3. The number of hydrogen-bond donors (Lipinski definition) is 3. The molecule has 26 heavy (non-hydrogen) atoms. The first-order valence-corrected chi connectivity index (χ1v) is 8.38. The van der Waals surface area contributed by atoms with Crippen LogP contribution in [0.5, 0.6) is 0 Å². The van der Waals surface area contributed by atoms with E-state index in [9.17, 15) is 22.8 Å². The molecule has 3 N–H and O–H groups in total. The first-order chi connectivity index (χ1) is 12.1. The molecule has 2 aromatic rings. The number of carboxylic acids is 1. The number of anilines is 2. The topological polar surface area (TPSA) is 91.3 Å². The molecule has 1 amide bonds. The Morgan fingerprint density at radius 2 is 1.81 bits per heavy atom. The van der Waals surface area contributed by atoms with Gasteiger partial charge in [-0.2, -0.15) is 13.2 Å². The van der Waals surface area contributed by atoms with Crippen LogP contribution in [0, 0.1) is 0 Å². The SMILES string of the molecule is CC(C(=O)N[C@@H](C)C(=O)O)c1ccc(Nc2nc(C(F)(F)F)cs2)cc1. The van der Waals surface area contributed by atoms with Gasteiger partial charge in [-0.25, -0.2) is 4.98 Å². The highest BCUT2D eigenvalue weighted by atomic mass is 32.1. The quantitative estimate of drug-likeness (QED) is 0.705. The number of nitrogens with one attached hydrogen (secondary N) is 2. The molecule has 0 aliphatic rings. The van der Waals surface area contributed by atoms with Crippen LogP contribution in [0.3, 0.4) is 0 Å². The van der Waals surface area contributed by atoms with Gasteiger partial charge in [-0.05, 0) is 31.5 Å². The third-order valence-electron chi connectivity index (χ3n) is 3.58. The summed E-state index contributed by atoms with van der Waals surface area (Å²) in [4.78, 5) is 26.3. The maximum atomic E-state index is 12.5. The number of nitrogens with zero attached hydrogens (tertiary/aromatic N) is 1. The minimum atomic E-state index is -4.49. The number of carbonyl (C=O) groups excluding carboxylic acids is 1. The fourth-order valence-corrected chi connectivity index (χ4v) is 2.73. The van der Waals surface area contributed by atoms with E-state index in [-0.39, 0.29) is 5.13 Å². The van der Waals surface area contributed by atoms with Crippen molar-refractivity contribution in [3.8, 4) is 0 Å². The number of halogens is 3. The largest absolute Gasteiger partial charge is 0.480 e. The molecule has 0 radical (unpaired) electrons. The van der Waals surface area contributed by atoms with Crippen molar-refractivity contribution in [1.82, 2.24) is 10.3 Å². The molecule has 0 fully saturated rings. The molecule has 0 saturated carbocycles. The van der Waals surface area contributed by atoms with Crippen LogP contribution in [0.2, 0.25) is 0 Å². The van der Waals surface area contributed by atoms with E-state index >= 15 is 0 Å². The molecule has 0 aliphatic carbocycles. The van der Waals surface area contributed by atoms with Crippen LogP contribution in [0.15, 0.2) is 29.6 Å². The van der Waals surface area contributed by atoms with Crippen molar-refractivity contribution in [3.05, 3.63) is 40.9 Å². The molecule has 1 aromatic heterocycles. The van der Waals surface area contributed by atoms with Crippen LogP contribution in [0.25, 0.3) is 0 Å². The van der Waals surface area contributed by atoms with Crippen LogP contribution in [-0.4, -0.2) is 28.0 Å². The molecule has 2 atom stereocenters. The Kier molecular flexibility index (Phi) is 5.86. The van der Waals surface area contributed by atoms with E-state index in [1.54, 1.807) is 31.2 Å². The molecule has 0 aliphatic heterocycles. The van der Waals surface area contributed by atoms with E-state index < -0.39 is 35.7 Å². The van der Waals surface area contributed by atoms with Gasteiger partial charge in [0.15, 0.2) is 10.8 Å². The number of carboxylic acid groups (broad SMARTS) is 1. The van der Waals surface area contributed by atoms with Gasteiger partial charge in [0.1, 0.15) is 6.04 Å². The number of aliphatic carboxylic acids is 1. The summed E-state index contributed by atoms with van der Waals surface area (Å²) < 4.78 is 37.6. The molecule has 0 spiro atoms. The first kappa shape index (κ1) is 19.7. The van der Waals surface area contributed by atoms with Gasteiger partial charge in [0.2, 0.25) is 5.91 Å². The van der Waals surface area contributed by atoms with Gasteiger partial charge in [0.05, 0.1) is 5.92 Å². The van der Waals surface area contributed by atoms with Gasteiger partial charge in [-0.1, -0.05) is 12.1 Å². The lowest BCUT2D eigenvalue weighted by Gasteiger charge is -2.15. The number of amides is 1. The first-order valence-electron chi connectivity index (χ1n) is 7.51. The Balaban J connectivity index is 2.02. The third kappa shape index (κ3) is 4.94. The number of hydrogen-bond acceptors (Lipinski definition) is 5. The van der Waals surface area contributed by atoms with Gasteiger partial charge in [-0.15, -0.1) is 11.3 Å². The lowest BCUT2D eigenvalue weighted by Crippen LogP contribution is -2.40. The van der Waals surface area contributed by atoms with Crippen molar-refractivity contribution < 1.29 is 27.9 Å². The Labute approximate surface area is 151 Å². The highest BCUT2D eigenvalue weighted by Gasteiger charge is 2.33. The summed E-state index contributed by atoms with van der Waals surface area (Å²) in [5.41, 5.74) is 0.198. The van der Waals surface area contributed by atoms with Gasteiger partial charge in [0.25, 0.3) is 0 Å². The maximum Gasteiger partial charge on any atom is 0.434 e. The minimum Gasteiger partial charge on any atom is -0.480 e. The predicted molar refractivity (Wildman–Crippen MR) is 90.5 cm³/mol. The smallest absolute Gasteiger partial charge is 0.434 e. The van der Waals surface area contributed by atoms with E-state index in [1.807, 2.05) is 0 Å². The van der Waals surface area contributed by atoms with Crippen molar-refractivity contribution in [1.29, 1.82) is 0 Å². The standard InChI is InChI=1S/C16H16F3N3O3S/c1-8(13(23)20-9(2)14(24)25)10-3-5-11(6-4-10)21-15-22-12(7-26-15)16(17,18)19/h3-9H,1-2H3,(H,20,23)(H,21,22)(H,24,25)/t8?,9-/m0/s1. The highest BCUT2D eigenvalue weighted by Crippen LogP contribution is 2.32. The van der Waals surface area contributed by atoms with Crippen molar-refractivity contribution >= 4 is 34.0 Å². The lowest BCUT2D eigenvalue weighted by molar-refractivity contribution is -0.141. The van der Waals surface area contributed by atoms with Gasteiger partial charge >= 0.3 is 12.1 Å². The second kappa shape index (κ2) is 7.73. The summed E-state index contributed by atoms with van der Waals surface area (Å²) in [7, 11) is 0. The van der Waals surface area contributed by atoms with Crippen LogP contribution in [0.1, 0.15) is 31.0 Å². The normalized spacial score (nSPS) is 13.7. The molecule has 1 aromatic carbocycles. The zero-order valence-corrected chi connectivity index (χ0v) is 14.6. The third-order valence-corrected chi connectivity index (χ3v) is 4.34. The Hall–Kier alpha value is -2.62. The lowest BCUT2D eigenvalue weighted by atomic mass is 10.00. The molecule has 1 unspecified atom stereocenters. The summed E-state index contributed by atoms with van der Waals surface area (Å²) >= 11 is 0.834. The van der Waals surface area contributed by atoms with E-state index in [2.05, 4.69) is 15.6 Å². The summed E-state index contributed by atoms with van der Waals surface area (Å²) in [5.74, 6) is -2.15. The van der Waals surface area contributed by atoms with Gasteiger partial charge in [0, 0.05) is 11.1 Å². The van der Waals surface area contributed by atoms with Crippen molar-refractivity contribution in [3.63, 3.8) is 0 Å². The zero-order chi connectivity index (χ0) is 19.5. The van der Waals surface area contributed by atoms with Crippen LogP contribution >= 0.6 is 11.3 Å². The molecule has 0 saturated heterocycles. The summed E-state index contributed by atoms with van der Waals surface area (Å²) in [6.45, 7) is 2.99. The van der Waals surface area contributed by atoms with E-state index in [0.29, 0.717) is 11.3 Å². The fraction of sp³-hybridized carbons (Fsp3) is 0.312. The van der Waals surface area contributed by atoms with Crippen molar-refractivity contribution in [2.24, 2.45) is 0 Å². The summed E-state index contributed by atoms with van der Waals surface area (Å²) in [5, 5.41) is 15.0. The number of carbonyl (C=O) groups is 2. The maximum absolute atomic E-state index is 12.5. The molecule has 10 heteroatoms. The molecular formula is C16H16F3N3O3S. The molecule has 2 rings (SSSR count). The fourth-order valence-electron chi connectivity index (χ4n) is 1.99. The highest BCUT2D eigenvalue weighted by molar-refractivity contribution is 7.13. The molecular weight excluding hydrogens is 371 g/mol. The molecule has 6 nitrogen and oxygen atoms in total. The Morgan fingerprint density at radius 1 is 1.19 bits per heavy atom. The van der Waals surface area contributed by atoms with Crippen LogP contribution < -0.4 is 10.6 Å². The average molecular weight is 387 g/mol. The zero-order valence-electron chi connectivity index (χ0n) is 13.8. The average Bonchev–Trinajstić information content (AvgIpc) is 3.03. The number of thiazole rings is 1. The van der Waals surface area contributed by atoms with E-state index in [1.165, 1.54) is 6.92 Å². The second-order valence-corrected chi connectivity index (χ2v) is 6.43. The second-order valence-electron chi connectivity index (χ2n) is 5.57. The van der Waals surface area contributed by atoms with Crippen molar-refractivity contribution in [2.75, 3.05) is 5.32 Å². The molecule has 140 valence electrons. The minimum absolute atomic E-state index is 0.103. The van der Waals surface area contributed by atoms with E-state index in [0.717, 1.165) is 16.7 Å². The predicted octanol–water partition coefficient (Wildman–Crippen LogP) is 3.60. The van der Waals surface area contributed by atoms with Crippen LogP contribution in [-0.2, 0) is 15.8 Å². The Bertz CT molecular complexity index is 790. The van der Waals surface area contributed by atoms with Gasteiger partial charge < -0.3 is 15.7 Å². The van der Waals surface area contributed by atoms with Crippen molar-refractivity contribution in [2.45, 2.75) is 32.0 Å². The van der Waals surface area contributed by atoms with Gasteiger partial charge in [-0.3, -0.25) is 9.59 Å². The molecule has 0 bridgehead atoms. The monoisotopic (exact) mass is 387 g/mol. The summed E-state index contributed by atoms with van der Waals surface area (Å²) in [6, 6.07) is 5.48. The van der Waals surface area contributed by atoms with Crippen LogP contribution in [0.4, 0.5) is 24.0 Å².